The second kappa shape index (κ2) is 5.27. The molecule has 0 radical (unpaired) electrons. The van der Waals surface area contributed by atoms with E-state index >= 15 is 0 Å². The fraction of sp³-hybridized carbons (Fsp3) is 0.733. The lowest BCUT2D eigenvalue weighted by atomic mass is 10.0. The lowest BCUT2D eigenvalue weighted by Gasteiger charge is -2.37. The van der Waals surface area contributed by atoms with Crippen LogP contribution in [0.4, 0.5) is 0 Å². The van der Waals surface area contributed by atoms with Crippen LogP contribution in [-0.2, 0) is 6.54 Å². The smallest absolute Gasteiger partial charge is 0.117 e. The first-order valence-corrected chi connectivity index (χ1v) is 7.36. The van der Waals surface area contributed by atoms with Crippen LogP contribution in [0.15, 0.2) is 22.8 Å². The van der Waals surface area contributed by atoms with Crippen molar-refractivity contribution in [2.45, 2.75) is 38.4 Å². The van der Waals surface area contributed by atoms with Gasteiger partial charge >= 0.3 is 0 Å². The lowest BCUT2D eigenvalue weighted by molar-refractivity contribution is 0.0916. The molecule has 0 amide bonds. The largest absolute Gasteiger partial charge is 0.468 e. The number of hydrogen-bond donors (Lipinski definition) is 1. The maximum Gasteiger partial charge on any atom is 0.117 e. The van der Waals surface area contributed by atoms with Gasteiger partial charge in [-0.3, -0.25) is 9.80 Å². The van der Waals surface area contributed by atoms with Crippen LogP contribution in [0, 0.1) is 0 Å². The summed E-state index contributed by atoms with van der Waals surface area (Å²) in [6.45, 7) is 11.4. The minimum absolute atomic E-state index is 0.315. The number of nitrogens with one attached hydrogen (secondary N) is 1. The third-order valence-corrected chi connectivity index (χ3v) is 4.44. The fourth-order valence-electron chi connectivity index (χ4n) is 3.30. The first-order chi connectivity index (χ1) is 9.12. The second-order valence-electron chi connectivity index (χ2n) is 6.51. The zero-order valence-corrected chi connectivity index (χ0v) is 12.1. The van der Waals surface area contributed by atoms with Crippen molar-refractivity contribution in [3.63, 3.8) is 0 Å². The van der Waals surface area contributed by atoms with Crippen LogP contribution in [0.5, 0.6) is 0 Å². The summed E-state index contributed by atoms with van der Waals surface area (Å²) in [6.07, 6.45) is 3.03. The van der Waals surface area contributed by atoms with Crippen LogP contribution in [0.3, 0.4) is 0 Å². The Kier molecular flexibility index (Phi) is 3.65. The first kappa shape index (κ1) is 13.2. The van der Waals surface area contributed by atoms with Crippen molar-refractivity contribution >= 4 is 0 Å². The Hall–Kier alpha value is -0.840. The summed E-state index contributed by atoms with van der Waals surface area (Å²) in [5, 5.41) is 3.62. The molecule has 2 aliphatic rings. The van der Waals surface area contributed by atoms with E-state index in [-0.39, 0.29) is 0 Å². The summed E-state index contributed by atoms with van der Waals surface area (Å²) in [5.74, 6) is 1.08. The lowest BCUT2D eigenvalue weighted by Crippen LogP contribution is -2.50. The Labute approximate surface area is 115 Å². The molecule has 3 heterocycles. The van der Waals surface area contributed by atoms with Crippen molar-refractivity contribution in [1.82, 2.24) is 15.1 Å². The van der Waals surface area contributed by atoms with Gasteiger partial charge in [0.2, 0.25) is 0 Å². The highest BCUT2D eigenvalue weighted by atomic mass is 16.3. The normalized spacial score (nSPS) is 28.8. The summed E-state index contributed by atoms with van der Waals surface area (Å²) in [7, 11) is 0. The van der Waals surface area contributed by atoms with Crippen molar-refractivity contribution < 1.29 is 4.42 Å². The quantitative estimate of drug-likeness (QED) is 0.896. The Balaban J connectivity index is 1.47. The maximum absolute atomic E-state index is 5.42. The van der Waals surface area contributed by atoms with Gasteiger partial charge in [0.25, 0.3) is 0 Å². The molecule has 106 valence electrons. The number of hydrogen-bond acceptors (Lipinski definition) is 4. The third-order valence-electron chi connectivity index (χ3n) is 4.44. The standard InChI is InChI=1S/C15H25N3O/c1-15(2)10-13(11-16-15)18-7-5-17(6-8-18)12-14-4-3-9-19-14/h3-4,9,13,16H,5-8,10-12H2,1-2H3. The van der Waals surface area contributed by atoms with Gasteiger partial charge < -0.3 is 9.73 Å². The molecule has 4 heteroatoms. The van der Waals surface area contributed by atoms with E-state index in [0.717, 1.165) is 38.0 Å². The molecule has 19 heavy (non-hydrogen) atoms. The molecule has 0 spiro atoms. The monoisotopic (exact) mass is 263 g/mol. The highest BCUT2D eigenvalue weighted by Crippen LogP contribution is 2.23. The van der Waals surface area contributed by atoms with Gasteiger partial charge in [0.1, 0.15) is 5.76 Å². The zero-order chi connectivity index (χ0) is 13.3. The van der Waals surface area contributed by atoms with Crippen LogP contribution in [0.2, 0.25) is 0 Å². The van der Waals surface area contributed by atoms with E-state index in [2.05, 4.69) is 35.0 Å². The van der Waals surface area contributed by atoms with E-state index in [1.54, 1.807) is 6.26 Å². The molecule has 3 rings (SSSR count). The Morgan fingerprint density at radius 2 is 2.11 bits per heavy atom. The van der Waals surface area contributed by atoms with Gasteiger partial charge in [-0.1, -0.05) is 0 Å². The van der Waals surface area contributed by atoms with E-state index in [1.165, 1.54) is 19.5 Å². The van der Waals surface area contributed by atoms with Crippen molar-refractivity contribution in [3.05, 3.63) is 24.2 Å². The maximum atomic E-state index is 5.42. The van der Waals surface area contributed by atoms with Gasteiger partial charge in [-0.05, 0) is 32.4 Å². The molecule has 0 bridgehead atoms. The molecule has 2 saturated heterocycles. The van der Waals surface area contributed by atoms with Gasteiger partial charge in [-0.25, -0.2) is 0 Å². The van der Waals surface area contributed by atoms with E-state index in [4.69, 9.17) is 4.42 Å². The Morgan fingerprint density at radius 3 is 2.68 bits per heavy atom. The number of furan rings is 1. The van der Waals surface area contributed by atoms with Crippen LogP contribution in [0.1, 0.15) is 26.0 Å². The van der Waals surface area contributed by atoms with E-state index in [0.29, 0.717) is 5.54 Å². The number of rotatable bonds is 3. The predicted octanol–water partition coefficient (Wildman–Crippen LogP) is 1.54. The van der Waals surface area contributed by atoms with E-state index < -0.39 is 0 Å². The number of nitrogens with zero attached hydrogens (tertiary/aromatic N) is 2. The molecule has 1 aromatic rings. The highest BCUT2D eigenvalue weighted by molar-refractivity contribution is 4.99. The molecule has 1 N–H and O–H groups in total. The summed E-state index contributed by atoms with van der Waals surface area (Å²) in [6, 6.07) is 4.76. The molecule has 0 aromatic carbocycles. The predicted molar refractivity (Wildman–Crippen MR) is 76.0 cm³/mol. The first-order valence-electron chi connectivity index (χ1n) is 7.36. The van der Waals surface area contributed by atoms with Gasteiger partial charge in [0, 0.05) is 44.3 Å². The van der Waals surface area contributed by atoms with Gasteiger partial charge in [-0.2, -0.15) is 0 Å². The van der Waals surface area contributed by atoms with Crippen LogP contribution in [0.25, 0.3) is 0 Å². The van der Waals surface area contributed by atoms with Crippen molar-refractivity contribution in [1.29, 1.82) is 0 Å². The van der Waals surface area contributed by atoms with E-state index in [1.807, 2.05) is 6.07 Å². The van der Waals surface area contributed by atoms with Crippen LogP contribution >= 0.6 is 0 Å². The topological polar surface area (TPSA) is 31.6 Å². The van der Waals surface area contributed by atoms with Crippen molar-refractivity contribution in [3.8, 4) is 0 Å². The molecule has 0 saturated carbocycles. The van der Waals surface area contributed by atoms with Crippen LogP contribution < -0.4 is 5.32 Å². The average Bonchev–Trinajstić information content (AvgIpc) is 3.00. The zero-order valence-electron chi connectivity index (χ0n) is 12.1. The SMILES string of the molecule is CC1(C)CC(N2CCN(Cc3ccco3)CC2)CN1. The summed E-state index contributed by atoms with van der Waals surface area (Å²) >= 11 is 0. The van der Waals surface area contributed by atoms with Crippen LogP contribution in [-0.4, -0.2) is 54.1 Å². The van der Waals surface area contributed by atoms with E-state index in [9.17, 15) is 0 Å². The molecule has 1 unspecified atom stereocenters. The summed E-state index contributed by atoms with van der Waals surface area (Å²) in [5.41, 5.74) is 0.315. The summed E-state index contributed by atoms with van der Waals surface area (Å²) < 4.78 is 5.42. The molecule has 4 nitrogen and oxygen atoms in total. The molecule has 1 atom stereocenters. The molecular formula is C15H25N3O. The molecular weight excluding hydrogens is 238 g/mol. The fourth-order valence-corrected chi connectivity index (χ4v) is 3.30. The number of piperazine rings is 1. The van der Waals surface area contributed by atoms with Crippen molar-refractivity contribution in [2.75, 3.05) is 32.7 Å². The Morgan fingerprint density at radius 1 is 1.32 bits per heavy atom. The molecule has 0 aliphatic carbocycles. The Bertz CT molecular complexity index is 394. The van der Waals surface area contributed by atoms with Gasteiger partial charge in [0.15, 0.2) is 0 Å². The summed E-state index contributed by atoms with van der Waals surface area (Å²) in [4.78, 5) is 5.14. The van der Waals surface area contributed by atoms with Gasteiger partial charge in [-0.15, -0.1) is 0 Å². The minimum atomic E-state index is 0.315. The minimum Gasteiger partial charge on any atom is -0.468 e. The average molecular weight is 263 g/mol. The second-order valence-corrected chi connectivity index (χ2v) is 6.51. The molecule has 1 aromatic heterocycles. The third kappa shape index (κ3) is 3.19. The van der Waals surface area contributed by atoms with Gasteiger partial charge in [0.05, 0.1) is 12.8 Å². The molecule has 2 fully saturated rings. The molecule has 2 aliphatic heterocycles. The van der Waals surface area contributed by atoms with Crippen molar-refractivity contribution in [2.24, 2.45) is 0 Å². The highest BCUT2D eigenvalue weighted by Gasteiger charge is 2.34.